The minimum absolute atomic E-state index is 0.111. The molecule has 0 aromatic carbocycles. The van der Waals surface area contributed by atoms with Gasteiger partial charge in [-0.25, -0.2) is 9.52 Å². The molecule has 0 bridgehead atoms. The summed E-state index contributed by atoms with van der Waals surface area (Å²) in [4.78, 5) is 11.2. The van der Waals surface area contributed by atoms with Gasteiger partial charge in [-0.15, -0.1) is 11.6 Å². The largest absolute Gasteiger partial charge is 0.449 e. The molecule has 0 aromatic rings. The molecule has 0 radical (unpaired) electrons. The fraction of sp³-hybridized carbons (Fsp3) is 0.909. The molecule has 0 spiro atoms. The van der Waals surface area contributed by atoms with Crippen molar-refractivity contribution in [3.63, 3.8) is 0 Å². The zero-order chi connectivity index (χ0) is 14.5. The summed E-state index contributed by atoms with van der Waals surface area (Å²) in [5, 5.41) is 0. The van der Waals surface area contributed by atoms with Crippen LogP contribution >= 0.6 is 11.6 Å². The summed E-state index contributed by atoms with van der Waals surface area (Å²) in [6.07, 6.45) is 2.18. The average molecular weight is 313 g/mol. The van der Waals surface area contributed by atoms with Crippen molar-refractivity contribution in [2.24, 2.45) is 5.92 Å². The number of amides is 1. The number of carbonyl (C=O) groups excluding carboxylic acids is 1. The monoisotopic (exact) mass is 312 g/mol. The Labute approximate surface area is 119 Å². The van der Waals surface area contributed by atoms with Gasteiger partial charge in [-0.2, -0.15) is 13.1 Å². The van der Waals surface area contributed by atoms with Crippen molar-refractivity contribution in [2.75, 3.05) is 12.5 Å². The van der Waals surface area contributed by atoms with E-state index < -0.39 is 21.8 Å². The Morgan fingerprint density at radius 1 is 1.42 bits per heavy atom. The van der Waals surface area contributed by atoms with E-state index in [4.69, 9.17) is 11.6 Å². The highest BCUT2D eigenvalue weighted by molar-refractivity contribution is 7.88. The summed E-state index contributed by atoms with van der Waals surface area (Å²) in [7, 11) is -3.95. The predicted molar refractivity (Wildman–Crippen MR) is 73.3 cm³/mol. The molecule has 0 unspecified atom stereocenters. The van der Waals surface area contributed by atoms with Gasteiger partial charge < -0.3 is 4.74 Å². The van der Waals surface area contributed by atoms with Crippen LogP contribution in [0.4, 0.5) is 4.79 Å². The van der Waals surface area contributed by atoms with Gasteiger partial charge in [0.05, 0.1) is 6.61 Å². The minimum atomic E-state index is -3.95. The van der Waals surface area contributed by atoms with Crippen molar-refractivity contribution >= 4 is 27.9 Å². The molecule has 0 atom stereocenters. The second kappa shape index (κ2) is 6.76. The summed E-state index contributed by atoms with van der Waals surface area (Å²) in [5.41, 5.74) is -0.674. The summed E-state index contributed by atoms with van der Waals surface area (Å²) >= 11 is 5.92. The number of ether oxygens (including phenoxy) is 1. The Morgan fingerprint density at radius 3 is 2.47 bits per heavy atom. The van der Waals surface area contributed by atoms with Gasteiger partial charge in [0, 0.05) is 11.4 Å². The van der Waals surface area contributed by atoms with Crippen LogP contribution in [0.1, 0.15) is 39.5 Å². The Balaban J connectivity index is 2.66. The summed E-state index contributed by atoms with van der Waals surface area (Å²) in [6, 6.07) is 0. The van der Waals surface area contributed by atoms with Crippen molar-refractivity contribution in [3.05, 3.63) is 0 Å². The molecule has 6 nitrogen and oxygen atoms in total. The van der Waals surface area contributed by atoms with Crippen LogP contribution in [0.5, 0.6) is 0 Å². The van der Waals surface area contributed by atoms with Gasteiger partial charge in [0.2, 0.25) is 0 Å². The smallest absolute Gasteiger partial charge is 0.421 e. The lowest BCUT2D eigenvalue weighted by Crippen LogP contribution is -2.56. The SMILES string of the molecule is CCOC(=O)NS(=O)(=O)NC1(CCl)CCC(C)CC1. The Morgan fingerprint density at radius 2 is 2.00 bits per heavy atom. The van der Waals surface area contributed by atoms with Crippen LogP contribution in [0.3, 0.4) is 0 Å². The molecule has 1 saturated carbocycles. The molecule has 1 fully saturated rings. The van der Waals surface area contributed by atoms with Gasteiger partial charge in [0.1, 0.15) is 0 Å². The Hall–Kier alpha value is -0.530. The third-order valence-electron chi connectivity index (χ3n) is 3.33. The molecular formula is C11H21ClN2O4S. The van der Waals surface area contributed by atoms with E-state index >= 15 is 0 Å². The molecule has 8 heteroatoms. The second-order valence-corrected chi connectivity index (χ2v) is 6.71. The molecule has 112 valence electrons. The molecule has 1 rings (SSSR count). The van der Waals surface area contributed by atoms with Crippen LogP contribution in [0.2, 0.25) is 0 Å². The van der Waals surface area contributed by atoms with Crippen LogP contribution in [-0.2, 0) is 14.9 Å². The third kappa shape index (κ3) is 5.16. The van der Waals surface area contributed by atoms with Gasteiger partial charge in [0.15, 0.2) is 0 Å². The zero-order valence-electron chi connectivity index (χ0n) is 11.2. The van der Waals surface area contributed by atoms with Gasteiger partial charge >= 0.3 is 16.3 Å². The maximum atomic E-state index is 11.8. The predicted octanol–water partition coefficient (Wildman–Crippen LogP) is 1.75. The zero-order valence-corrected chi connectivity index (χ0v) is 12.8. The molecular weight excluding hydrogens is 292 g/mol. The lowest BCUT2D eigenvalue weighted by atomic mass is 9.79. The summed E-state index contributed by atoms with van der Waals surface area (Å²) < 4.78 is 32.6. The highest BCUT2D eigenvalue weighted by Crippen LogP contribution is 2.33. The van der Waals surface area contributed by atoms with Gasteiger partial charge in [-0.3, -0.25) is 0 Å². The lowest BCUT2D eigenvalue weighted by Gasteiger charge is -2.38. The molecule has 19 heavy (non-hydrogen) atoms. The molecule has 1 amide bonds. The maximum absolute atomic E-state index is 11.8. The highest BCUT2D eigenvalue weighted by Gasteiger charge is 2.37. The standard InChI is InChI=1S/C11H21ClN2O4S/c1-3-18-10(15)13-19(16,17)14-11(8-12)6-4-9(2)5-7-11/h9,14H,3-8H2,1-2H3,(H,13,15). The van der Waals surface area contributed by atoms with E-state index in [9.17, 15) is 13.2 Å². The number of hydrogen-bond acceptors (Lipinski definition) is 4. The van der Waals surface area contributed by atoms with E-state index in [0.717, 1.165) is 12.8 Å². The Kier molecular flexibility index (Phi) is 5.88. The van der Waals surface area contributed by atoms with Crippen LogP contribution in [0, 0.1) is 5.92 Å². The van der Waals surface area contributed by atoms with Crippen molar-refractivity contribution in [2.45, 2.75) is 45.1 Å². The number of rotatable bonds is 5. The molecule has 1 aliphatic rings. The topological polar surface area (TPSA) is 84.5 Å². The molecule has 2 N–H and O–H groups in total. The first-order valence-electron chi connectivity index (χ1n) is 6.37. The fourth-order valence-corrected chi connectivity index (χ4v) is 3.75. The van der Waals surface area contributed by atoms with E-state index in [1.165, 1.54) is 0 Å². The van der Waals surface area contributed by atoms with Crippen LogP contribution < -0.4 is 9.44 Å². The fourth-order valence-electron chi connectivity index (χ4n) is 2.16. The van der Waals surface area contributed by atoms with E-state index in [0.29, 0.717) is 18.8 Å². The van der Waals surface area contributed by atoms with Crippen LogP contribution in [0.25, 0.3) is 0 Å². The Bertz CT molecular complexity index is 405. The number of nitrogens with one attached hydrogen (secondary N) is 2. The van der Waals surface area contributed by atoms with Crippen LogP contribution in [-0.4, -0.2) is 32.5 Å². The third-order valence-corrected chi connectivity index (χ3v) is 4.98. The summed E-state index contributed by atoms with van der Waals surface area (Å²) in [5.74, 6) is 0.752. The van der Waals surface area contributed by atoms with E-state index in [1.54, 1.807) is 6.92 Å². The normalized spacial score (nSPS) is 27.8. The minimum Gasteiger partial charge on any atom is -0.449 e. The van der Waals surface area contributed by atoms with Crippen molar-refractivity contribution in [1.82, 2.24) is 9.44 Å². The quantitative estimate of drug-likeness (QED) is 0.758. The van der Waals surface area contributed by atoms with Gasteiger partial charge in [-0.1, -0.05) is 6.92 Å². The van der Waals surface area contributed by atoms with Gasteiger partial charge in [0.25, 0.3) is 0 Å². The van der Waals surface area contributed by atoms with Crippen molar-refractivity contribution < 1.29 is 17.9 Å². The first-order valence-corrected chi connectivity index (χ1v) is 8.39. The summed E-state index contributed by atoms with van der Waals surface area (Å²) in [6.45, 7) is 3.84. The van der Waals surface area contributed by atoms with E-state index in [2.05, 4.69) is 16.4 Å². The van der Waals surface area contributed by atoms with Crippen molar-refractivity contribution in [1.29, 1.82) is 0 Å². The first kappa shape index (κ1) is 16.5. The van der Waals surface area contributed by atoms with Gasteiger partial charge in [-0.05, 0) is 38.5 Å². The lowest BCUT2D eigenvalue weighted by molar-refractivity contribution is 0.158. The molecule has 0 saturated heterocycles. The molecule has 0 heterocycles. The maximum Gasteiger partial charge on any atom is 0.421 e. The molecule has 0 aromatic heterocycles. The molecule has 0 aliphatic heterocycles. The van der Waals surface area contributed by atoms with Crippen molar-refractivity contribution in [3.8, 4) is 0 Å². The number of alkyl halides is 1. The average Bonchev–Trinajstić information content (AvgIpc) is 2.31. The second-order valence-electron chi connectivity index (χ2n) is 5.02. The number of hydrogen-bond donors (Lipinski definition) is 2. The van der Waals surface area contributed by atoms with E-state index in [1.807, 2.05) is 4.72 Å². The van der Waals surface area contributed by atoms with E-state index in [-0.39, 0.29) is 12.5 Å². The number of halogens is 1. The van der Waals surface area contributed by atoms with Crippen LogP contribution in [0.15, 0.2) is 0 Å². The number of carbonyl (C=O) groups is 1. The highest BCUT2D eigenvalue weighted by atomic mass is 35.5. The molecule has 1 aliphatic carbocycles. The first-order chi connectivity index (χ1) is 8.82.